The lowest BCUT2D eigenvalue weighted by Gasteiger charge is -2.07. The molecule has 0 atom stereocenters. The normalized spacial score (nSPS) is 10.2. The predicted molar refractivity (Wildman–Crippen MR) is 76.1 cm³/mol. The molecule has 2 aromatic rings. The molecule has 18 heavy (non-hydrogen) atoms. The molecule has 0 radical (unpaired) electrons. The van der Waals surface area contributed by atoms with Gasteiger partial charge in [0.2, 0.25) is 0 Å². The number of hydrogen-bond acceptors (Lipinski definition) is 2. The van der Waals surface area contributed by atoms with Crippen molar-refractivity contribution in [3.63, 3.8) is 0 Å². The first-order valence-electron chi connectivity index (χ1n) is 5.26. The van der Waals surface area contributed by atoms with Crippen LogP contribution in [0.4, 0.5) is 5.82 Å². The number of nitrogens with one attached hydrogen (secondary N) is 1. The maximum atomic E-state index is 12.0. The summed E-state index contributed by atoms with van der Waals surface area (Å²) in [5.41, 5.74) is 1.42. The number of benzene rings is 1. The zero-order valence-corrected chi connectivity index (χ0v) is 11.9. The maximum Gasteiger partial charge on any atom is 0.256 e. The van der Waals surface area contributed by atoms with Gasteiger partial charge in [-0.2, -0.15) is 0 Å². The molecule has 1 N–H and O–H groups in total. The molecule has 0 aliphatic carbocycles. The van der Waals surface area contributed by atoms with E-state index in [-0.39, 0.29) is 5.91 Å². The van der Waals surface area contributed by atoms with Gasteiger partial charge in [-0.3, -0.25) is 4.79 Å². The third-order valence-corrected chi connectivity index (χ3v) is 3.47. The van der Waals surface area contributed by atoms with Crippen molar-refractivity contribution in [2.24, 2.45) is 0 Å². The van der Waals surface area contributed by atoms with Gasteiger partial charge in [-0.1, -0.05) is 11.6 Å². The summed E-state index contributed by atoms with van der Waals surface area (Å²) >= 11 is 9.24. The molecule has 0 unspecified atom stereocenters. The van der Waals surface area contributed by atoms with E-state index in [1.54, 1.807) is 30.5 Å². The largest absolute Gasteiger partial charge is 0.306 e. The van der Waals surface area contributed by atoms with E-state index in [0.29, 0.717) is 16.4 Å². The summed E-state index contributed by atoms with van der Waals surface area (Å²) in [7, 11) is 0. The molecule has 0 spiro atoms. The minimum atomic E-state index is -0.214. The van der Waals surface area contributed by atoms with Crippen LogP contribution in [0.2, 0.25) is 5.02 Å². The van der Waals surface area contributed by atoms with Crippen molar-refractivity contribution < 1.29 is 4.79 Å². The third-order valence-electron chi connectivity index (χ3n) is 2.41. The molecule has 3 nitrogen and oxygen atoms in total. The fourth-order valence-corrected chi connectivity index (χ4v) is 1.91. The van der Waals surface area contributed by atoms with E-state index in [1.165, 1.54) is 0 Å². The van der Waals surface area contributed by atoms with E-state index in [4.69, 9.17) is 11.6 Å². The Kier molecular flexibility index (Phi) is 3.99. The van der Waals surface area contributed by atoms with Crippen LogP contribution in [0, 0.1) is 6.92 Å². The van der Waals surface area contributed by atoms with Gasteiger partial charge in [0.1, 0.15) is 5.82 Å². The van der Waals surface area contributed by atoms with Gasteiger partial charge >= 0.3 is 0 Å². The van der Waals surface area contributed by atoms with Gasteiger partial charge in [0.05, 0.1) is 4.47 Å². The Morgan fingerprint density at radius 3 is 2.83 bits per heavy atom. The van der Waals surface area contributed by atoms with Crippen molar-refractivity contribution in [1.29, 1.82) is 0 Å². The molecule has 92 valence electrons. The van der Waals surface area contributed by atoms with Gasteiger partial charge in [-0.25, -0.2) is 4.98 Å². The lowest BCUT2D eigenvalue weighted by atomic mass is 10.1. The molecule has 0 saturated carbocycles. The van der Waals surface area contributed by atoms with Gasteiger partial charge in [0.15, 0.2) is 0 Å². The number of carbonyl (C=O) groups is 1. The molecule has 0 fully saturated rings. The number of pyridine rings is 1. The Hall–Kier alpha value is -1.39. The first kappa shape index (κ1) is 13.1. The fourth-order valence-electron chi connectivity index (χ4n) is 1.44. The summed E-state index contributed by atoms with van der Waals surface area (Å²) in [6.07, 6.45) is 1.62. The maximum absolute atomic E-state index is 12.0. The Labute approximate surface area is 118 Å². The van der Waals surface area contributed by atoms with Crippen LogP contribution in [0.1, 0.15) is 15.9 Å². The van der Waals surface area contributed by atoms with Crippen molar-refractivity contribution in [2.45, 2.75) is 6.92 Å². The summed E-state index contributed by atoms with van der Waals surface area (Å²) < 4.78 is 0.740. The van der Waals surface area contributed by atoms with Crippen LogP contribution in [0.15, 0.2) is 41.0 Å². The highest BCUT2D eigenvalue weighted by atomic mass is 79.9. The zero-order valence-electron chi connectivity index (χ0n) is 9.58. The fraction of sp³-hybridized carbons (Fsp3) is 0.0769. The van der Waals surface area contributed by atoms with Crippen LogP contribution in [0.25, 0.3) is 0 Å². The molecule has 0 aliphatic rings. The summed E-state index contributed by atoms with van der Waals surface area (Å²) in [6, 6.07) is 8.73. The van der Waals surface area contributed by atoms with Gasteiger partial charge in [-0.05, 0) is 58.7 Å². The Morgan fingerprint density at radius 2 is 2.17 bits per heavy atom. The summed E-state index contributed by atoms with van der Waals surface area (Å²) in [5.74, 6) is 0.282. The van der Waals surface area contributed by atoms with Crippen molar-refractivity contribution in [3.8, 4) is 0 Å². The number of rotatable bonds is 2. The number of aryl methyl sites for hydroxylation is 1. The summed E-state index contributed by atoms with van der Waals surface area (Å²) in [6.45, 7) is 1.86. The highest BCUT2D eigenvalue weighted by molar-refractivity contribution is 9.10. The molecule has 5 heteroatoms. The number of hydrogen-bond donors (Lipinski definition) is 1. The molecular weight excluding hydrogens is 316 g/mol. The molecule has 1 amide bonds. The second kappa shape index (κ2) is 5.50. The first-order valence-corrected chi connectivity index (χ1v) is 6.43. The highest BCUT2D eigenvalue weighted by Crippen LogP contribution is 2.20. The van der Waals surface area contributed by atoms with Crippen LogP contribution in [-0.2, 0) is 0 Å². The molecule has 1 aromatic heterocycles. The van der Waals surface area contributed by atoms with Crippen LogP contribution >= 0.6 is 27.5 Å². The van der Waals surface area contributed by atoms with Crippen LogP contribution < -0.4 is 5.32 Å². The molecule has 1 heterocycles. The molecule has 0 saturated heterocycles. The van der Waals surface area contributed by atoms with E-state index in [2.05, 4.69) is 26.2 Å². The summed E-state index contributed by atoms with van der Waals surface area (Å²) in [4.78, 5) is 16.1. The van der Waals surface area contributed by atoms with Gasteiger partial charge in [0, 0.05) is 16.8 Å². The first-order chi connectivity index (χ1) is 8.58. The van der Waals surface area contributed by atoms with E-state index >= 15 is 0 Å². The van der Waals surface area contributed by atoms with E-state index in [0.717, 1.165) is 10.0 Å². The molecule has 2 rings (SSSR count). The number of nitrogens with zero attached hydrogens (tertiary/aromatic N) is 1. The average molecular weight is 326 g/mol. The Bertz CT molecular complexity index is 601. The topological polar surface area (TPSA) is 42.0 Å². The Morgan fingerprint density at radius 1 is 1.39 bits per heavy atom. The molecular formula is C13H10BrClN2O. The SMILES string of the molecule is Cc1cc(C(=O)Nc2ncccc2Br)ccc1Cl. The second-order valence-corrected chi connectivity index (χ2v) is 5.01. The van der Waals surface area contributed by atoms with Crippen molar-refractivity contribution in [2.75, 3.05) is 5.32 Å². The summed E-state index contributed by atoms with van der Waals surface area (Å²) in [5, 5.41) is 3.38. The van der Waals surface area contributed by atoms with Crippen molar-refractivity contribution in [3.05, 3.63) is 57.2 Å². The van der Waals surface area contributed by atoms with Crippen LogP contribution in [0.3, 0.4) is 0 Å². The van der Waals surface area contributed by atoms with Crippen LogP contribution in [-0.4, -0.2) is 10.9 Å². The van der Waals surface area contributed by atoms with Crippen molar-refractivity contribution >= 4 is 39.3 Å². The van der Waals surface area contributed by atoms with Crippen molar-refractivity contribution in [1.82, 2.24) is 4.98 Å². The quantitative estimate of drug-likeness (QED) is 0.905. The minimum Gasteiger partial charge on any atom is -0.306 e. The van der Waals surface area contributed by atoms with E-state index < -0.39 is 0 Å². The zero-order chi connectivity index (χ0) is 13.1. The average Bonchev–Trinajstić information content (AvgIpc) is 2.35. The number of anilines is 1. The van der Waals surface area contributed by atoms with E-state index in [9.17, 15) is 4.79 Å². The minimum absolute atomic E-state index is 0.214. The second-order valence-electron chi connectivity index (χ2n) is 3.75. The number of halogens is 2. The van der Waals surface area contributed by atoms with Gasteiger partial charge < -0.3 is 5.32 Å². The number of amides is 1. The highest BCUT2D eigenvalue weighted by Gasteiger charge is 2.09. The lowest BCUT2D eigenvalue weighted by Crippen LogP contribution is -2.13. The van der Waals surface area contributed by atoms with Gasteiger partial charge in [-0.15, -0.1) is 0 Å². The van der Waals surface area contributed by atoms with Gasteiger partial charge in [0.25, 0.3) is 5.91 Å². The number of aromatic nitrogens is 1. The Balaban J connectivity index is 2.22. The van der Waals surface area contributed by atoms with Crippen LogP contribution in [0.5, 0.6) is 0 Å². The third kappa shape index (κ3) is 2.89. The lowest BCUT2D eigenvalue weighted by molar-refractivity contribution is 0.102. The molecule has 1 aromatic carbocycles. The number of carbonyl (C=O) groups excluding carboxylic acids is 1. The monoisotopic (exact) mass is 324 g/mol. The standard InChI is InChI=1S/C13H10BrClN2O/c1-8-7-9(4-5-11(8)15)13(18)17-12-10(14)3-2-6-16-12/h2-7H,1H3,(H,16,17,18). The molecule has 0 aliphatic heterocycles. The smallest absolute Gasteiger partial charge is 0.256 e. The van der Waals surface area contributed by atoms with E-state index in [1.807, 2.05) is 13.0 Å². The predicted octanol–water partition coefficient (Wildman–Crippen LogP) is 4.06. The molecule has 0 bridgehead atoms.